The normalized spacial score (nSPS) is 15.4. The number of carbonyl (C=O) groups is 1. The van der Waals surface area contributed by atoms with Crippen LogP contribution in [0.4, 0.5) is 4.79 Å². The third-order valence-corrected chi connectivity index (χ3v) is 6.16. The predicted molar refractivity (Wildman–Crippen MR) is 104 cm³/mol. The molecule has 0 radical (unpaired) electrons. The van der Waals surface area contributed by atoms with Gasteiger partial charge < -0.3 is 14.7 Å². The van der Waals surface area contributed by atoms with Crippen LogP contribution in [0.15, 0.2) is 41.3 Å². The van der Waals surface area contributed by atoms with Crippen LogP contribution in [-0.2, 0) is 16.4 Å². The molecule has 2 aromatic rings. The molecule has 1 fully saturated rings. The van der Waals surface area contributed by atoms with E-state index in [9.17, 15) is 13.2 Å². The van der Waals surface area contributed by atoms with E-state index in [0.717, 1.165) is 29.8 Å². The highest BCUT2D eigenvalue weighted by atomic mass is 32.2. The number of aromatic nitrogens is 1. The van der Waals surface area contributed by atoms with Gasteiger partial charge in [-0.2, -0.15) is 0 Å². The highest BCUT2D eigenvalue weighted by Crippen LogP contribution is 2.30. The Hall–Kier alpha value is -2.61. The van der Waals surface area contributed by atoms with E-state index in [0.29, 0.717) is 24.8 Å². The second-order valence-corrected chi connectivity index (χ2v) is 9.07. The minimum absolute atomic E-state index is 0.257. The highest BCUT2D eigenvalue weighted by molar-refractivity contribution is 7.90. The summed E-state index contributed by atoms with van der Waals surface area (Å²) >= 11 is 0. The number of hydrogen-bond donors (Lipinski definition) is 1. The summed E-state index contributed by atoms with van der Waals surface area (Å²) in [4.78, 5) is 17.4. The lowest BCUT2D eigenvalue weighted by atomic mass is 9.88. The average molecular weight is 404 g/mol. The number of aryl methyl sites for hydroxylation is 1. The van der Waals surface area contributed by atoms with E-state index in [4.69, 9.17) is 9.84 Å². The van der Waals surface area contributed by atoms with Gasteiger partial charge >= 0.3 is 6.09 Å². The zero-order chi connectivity index (χ0) is 20.3. The third-order valence-electron chi connectivity index (χ3n) is 5.03. The summed E-state index contributed by atoms with van der Waals surface area (Å²) in [5.74, 6) is 0.901. The molecule has 1 saturated heterocycles. The fourth-order valence-corrected chi connectivity index (χ4v) is 4.09. The quantitative estimate of drug-likeness (QED) is 0.822. The van der Waals surface area contributed by atoms with Gasteiger partial charge in [-0.25, -0.2) is 13.2 Å². The molecule has 8 heteroatoms. The molecule has 0 aliphatic carbocycles. The van der Waals surface area contributed by atoms with E-state index < -0.39 is 15.9 Å². The number of hydrogen-bond acceptors (Lipinski definition) is 5. The smallest absolute Gasteiger partial charge is 0.407 e. The number of likely N-dealkylation sites (tertiary alicyclic amines) is 1. The average Bonchev–Trinajstić information content (AvgIpc) is 2.66. The van der Waals surface area contributed by atoms with Crippen molar-refractivity contribution in [2.24, 2.45) is 0 Å². The van der Waals surface area contributed by atoms with E-state index in [1.807, 2.05) is 13.0 Å². The lowest BCUT2D eigenvalue weighted by Crippen LogP contribution is -2.37. The fraction of sp³-hybridized carbons (Fsp3) is 0.400. The largest absolute Gasteiger partial charge is 0.487 e. The summed E-state index contributed by atoms with van der Waals surface area (Å²) < 4.78 is 28.7. The van der Waals surface area contributed by atoms with Crippen LogP contribution in [0.2, 0.25) is 0 Å². The number of sulfone groups is 1. The maximum Gasteiger partial charge on any atom is 0.407 e. The first-order chi connectivity index (χ1) is 13.2. The maximum atomic E-state index is 11.5. The van der Waals surface area contributed by atoms with Gasteiger partial charge in [0.15, 0.2) is 9.84 Å². The predicted octanol–water partition coefficient (Wildman–Crippen LogP) is 3.23. The molecule has 0 unspecified atom stereocenters. The summed E-state index contributed by atoms with van der Waals surface area (Å²) in [5.41, 5.74) is 2.88. The summed E-state index contributed by atoms with van der Waals surface area (Å²) in [6, 6.07) is 10.3. The summed E-state index contributed by atoms with van der Waals surface area (Å²) in [6.45, 7) is 3.35. The van der Waals surface area contributed by atoms with Gasteiger partial charge in [0.1, 0.15) is 12.4 Å². The minimum Gasteiger partial charge on any atom is -0.487 e. The Balaban J connectivity index is 1.61. The molecule has 0 spiro atoms. The number of carboxylic acid groups (broad SMARTS) is 1. The van der Waals surface area contributed by atoms with Crippen molar-refractivity contribution in [1.29, 1.82) is 0 Å². The highest BCUT2D eigenvalue weighted by Gasteiger charge is 2.24. The van der Waals surface area contributed by atoms with Crippen molar-refractivity contribution >= 4 is 15.9 Å². The van der Waals surface area contributed by atoms with E-state index >= 15 is 0 Å². The zero-order valence-electron chi connectivity index (χ0n) is 16.0. The molecule has 1 aliphatic rings. The van der Waals surface area contributed by atoms with Gasteiger partial charge in [-0.1, -0.05) is 6.07 Å². The molecule has 1 aromatic heterocycles. The Morgan fingerprint density at radius 2 is 1.82 bits per heavy atom. The van der Waals surface area contributed by atoms with E-state index in [-0.39, 0.29) is 11.5 Å². The molecule has 3 rings (SSSR count). The molecule has 1 amide bonds. The van der Waals surface area contributed by atoms with Crippen LogP contribution in [0.1, 0.15) is 35.7 Å². The number of ether oxygens (including phenoxy) is 1. The van der Waals surface area contributed by atoms with Gasteiger partial charge in [-0.15, -0.1) is 0 Å². The van der Waals surface area contributed by atoms with Crippen molar-refractivity contribution in [2.75, 3.05) is 19.3 Å². The number of nitrogens with zero attached hydrogens (tertiary/aromatic N) is 2. The minimum atomic E-state index is -3.22. The maximum absolute atomic E-state index is 11.5. The van der Waals surface area contributed by atoms with Gasteiger partial charge in [0, 0.05) is 25.0 Å². The van der Waals surface area contributed by atoms with Crippen LogP contribution in [-0.4, -0.2) is 48.8 Å². The van der Waals surface area contributed by atoms with Crippen LogP contribution in [0, 0.1) is 6.92 Å². The monoisotopic (exact) mass is 404 g/mol. The molecule has 1 aliphatic heterocycles. The van der Waals surface area contributed by atoms with Gasteiger partial charge in [-0.3, -0.25) is 4.98 Å². The van der Waals surface area contributed by atoms with E-state index in [1.165, 1.54) is 23.3 Å². The van der Waals surface area contributed by atoms with Crippen molar-refractivity contribution in [3.05, 3.63) is 53.3 Å². The van der Waals surface area contributed by atoms with Crippen molar-refractivity contribution in [2.45, 2.75) is 37.2 Å². The molecule has 2 heterocycles. The molecule has 0 atom stereocenters. The van der Waals surface area contributed by atoms with Crippen molar-refractivity contribution in [1.82, 2.24) is 9.88 Å². The summed E-state index contributed by atoms with van der Waals surface area (Å²) in [6.07, 6.45) is 1.92. The van der Waals surface area contributed by atoms with E-state index in [1.54, 1.807) is 12.1 Å². The second-order valence-electron chi connectivity index (χ2n) is 7.05. The molecule has 0 saturated carbocycles. The van der Waals surface area contributed by atoms with Crippen LogP contribution >= 0.6 is 0 Å². The Labute approximate surface area is 164 Å². The van der Waals surface area contributed by atoms with Crippen LogP contribution < -0.4 is 4.74 Å². The van der Waals surface area contributed by atoms with Crippen LogP contribution in [0.25, 0.3) is 0 Å². The zero-order valence-corrected chi connectivity index (χ0v) is 16.8. The first kappa shape index (κ1) is 20.1. The van der Waals surface area contributed by atoms with Crippen molar-refractivity contribution in [3.63, 3.8) is 0 Å². The molecular weight excluding hydrogens is 380 g/mol. The Morgan fingerprint density at radius 3 is 2.36 bits per heavy atom. The number of pyridine rings is 1. The van der Waals surface area contributed by atoms with Gasteiger partial charge in [0.2, 0.25) is 0 Å². The Morgan fingerprint density at radius 1 is 1.18 bits per heavy atom. The SMILES string of the molecule is Cc1nc(COc2ccc(S(C)(=O)=O)cc2)ccc1C1CCN(C(=O)O)CC1. The number of piperidine rings is 1. The van der Waals surface area contributed by atoms with Gasteiger partial charge in [0.25, 0.3) is 0 Å². The Kier molecular flexibility index (Phi) is 5.88. The standard InChI is InChI=1S/C20H24N2O5S/c1-14-19(15-9-11-22(12-10-15)20(23)24)8-3-16(21-14)13-27-17-4-6-18(7-5-17)28(2,25)26/h3-8,15H,9-13H2,1-2H3,(H,23,24). The van der Waals surface area contributed by atoms with Crippen LogP contribution in [0.3, 0.4) is 0 Å². The molecule has 1 N–H and O–H groups in total. The molecule has 7 nitrogen and oxygen atoms in total. The lowest BCUT2D eigenvalue weighted by Gasteiger charge is -2.30. The van der Waals surface area contributed by atoms with Crippen molar-refractivity contribution in [3.8, 4) is 5.75 Å². The first-order valence-electron chi connectivity index (χ1n) is 9.11. The van der Waals surface area contributed by atoms with Crippen molar-refractivity contribution < 1.29 is 23.1 Å². The molecule has 150 valence electrons. The summed E-state index contributed by atoms with van der Waals surface area (Å²) in [5, 5.41) is 9.06. The number of benzene rings is 1. The second kappa shape index (κ2) is 8.18. The topological polar surface area (TPSA) is 96.8 Å². The number of rotatable bonds is 5. The molecule has 0 bridgehead atoms. The number of amides is 1. The van der Waals surface area contributed by atoms with E-state index in [2.05, 4.69) is 11.1 Å². The lowest BCUT2D eigenvalue weighted by molar-refractivity contribution is 0.132. The fourth-order valence-electron chi connectivity index (χ4n) is 3.46. The molecule has 1 aromatic carbocycles. The van der Waals surface area contributed by atoms with Crippen LogP contribution in [0.5, 0.6) is 5.75 Å². The van der Waals surface area contributed by atoms with Gasteiger partial charge in [-0.05, 0) is 61.6 Å². The summed E-state index contributed by atoms with van der Waals surface area (Å²) in [7, 11) is -3.22. The Bertz CT molecular complexity index is 949. The first-order valence-corrected chi connectivity index (χ1v) is 11.0. The molecular formula is C20H24N2O5S. The molecule has 28 heavy (non-hydrogen) atoms. The van der Waals surface area contributed by atoms with Gasteiger partial charge in [0.05, 0.1) is 10.6 Å². The third kappa shape index (κ3) is 4.81.